The maximum absolute atomic E-state index is 12.3. The minimum atomic E-state index is -3.65. The Morgan fingerprint density at radius 3 is 2.45 bits per heavy atom. The van der Waals surface area contributed by atoms with Crippen LogP contribution in [0.25, 0.3) is 0 Å². The van der Waals surface area contributed by atoms with E-state index < -0.39 is 10.0 Å². The van der Waals surface area contributed by atoms with Crippen LogP contribution in [0.3, 0.4) is 0 Å². The molecule has 0 fully saturated rings. The monoisotopic (exact) mass is 295 g/mol. The molecule has 7 heteroatoms. The zero-order chi connectivity index (χ0) is 14.8. The average Bonchev–Trinajstić information content (AvgIpc) is 2.77. The van der Waals surface area contributed by atoms with E-state index in [-0.39, 0.29) is 17.2 Å². The van der Waals surface area contributed by atoms with E-state index in [1.54, 1.807) is 13.8 Å². The topological polar surface area (TPSA) is 98.2 Å². The molecular weight excluding hydrogens is 278 g/mol. The highest BCUT2D eigenvalue weighted by molar-refractivity contribution is 7.89. The lowest BCUT2D eigenvalue weighted by molar-refractivity contribution is 0.390. The van der Waals surface area contributed by atoms with Crippen LogP contribution in [0.15, 0.2) is 33.7 Å². The van der Waals surface area contributed by atoms with Gasteiger partial charge in [-0.15, -0.1) is 0 Å². The minimum absolute atomic E-state index is 0.0997. The molecule has 0 unspecified atom stereocenters. The van der Waals surface area contributed by atoms with Crippen LogP contribution in [0.1, 0.15) is 22.6 Å². The first-order valence-electron chi connectivity index (χ1n) is 6.15. The Morgan fingerprint density at radius 1 is 1.25 bits per heavy atom. The van der Waals surface area contributed by atoms with Crippen molar-refractivity contribution in [3.05, 3.63) is 46.8 Å². The molecule has 3 N–H and O–H groups in total. The largest absolute Gasteiger partial charge is 0.360 e. The van der Waals surface area contributed by atoms with Gasteiger partial charge in [0.1, 0.15) is 10.6 Å². The highest BCUT2D eigenvalue weighted by Crippen LogP contribution is 2.19. The lowest BCUT2D eigenvalue weighted by Crippen LogP contribution is -2.25. The molecular formula is C13H17N3O3S. The van der Waals surface area contributed by atoms with Gasteiger partial charge in [0.2, 0.25) is 10.0 Å². The second-order valence-corrected chi connectivity index (χ2v) is 6.15. The number of rotatable bonds is 5. The first-order chi connectivity index (χ1) is 9.45. The van der Waals surface area contributed by atoms with Gasteiger partial charge in [0.15, 0.2) is 5.76 Å². The highest BCUT2D eigenvalue weighted by Gasteiger charge is 2.23. The van der Waals surface area contributed by atoms with Crippen molar-refractivity contribution in [2.45, 2.75) is 31.8 Å². The van der Waals surface area contributed by atoms with Crippen LogP contribution >= 0.6 is 0 Å². The van der Waals surface area contributed by atoms with Gasteiger partial charge in [0.05, 0.1) is 0 Å². The number of nitrogens with two attached hydrogens (primary N) is 1. The average molecular weight is 295 g/mol. The van der Waals surface area contributed by atoms with E-state index in [9.17, 15) is 8.42 Å². The summed E-state index contributed by atoms with van der Waals surface area (Å²) in [6.07, 6.45) is 0. The van der Waals surface area contributed by atoms with Gasteiger partial charge < -0.3 is 10.3 Å². The zero-order valence-electron chi connectivity index (χ0n) is 11.4. The Hall–Kier alpha value is -1.70. The second-order valence-electron chi connectivity index (χ2n) is 4.45. The Kier molecular flexibility index (Phi) is 4.22. The van der Waals surface area contributed by atoms with Crippen molar-refractivity contribution in [3.8, 4) is 0 Å². The molecule has 2 rings (SSSR count). The van der Waals surface area contributed by atoms with Gasteiger partial charge in [-0.3, -0.25) is 0 Å². The summed E-state index contributed by atoms with van der Waals surface area (Å²) in [5.41, 5.74) is 7.74. The number of aromatic nitrogens is 1. The van der Waals surface area contributed by atoms with Gasteiger partial charge in [0.25, 0.3) is 0 Å². The summed E-state index contributed by atoms with van der Waals surface area (Å²) >= 11 is 0. The molecule has 0 radical (unpaired) electrons. The minimum Gasteiger partial charge on any atom is -0.360 e. The summed E-state index contributed by atoms with van der Waals surface area (Å²) < 4.78 is 32.0. The third-order valence-electron chi connectivity index (χ3n) is 3.03. The summed E-state index contributed by atoms with van der Waals surface area (Å²) in [7, 11) is -3.65. The quantitative estimate of drug-likeness (QED) is 0.864. The van der Waals surface area contributed by atoms with Crippen molar-refractivity contribution >= 4 is 10.0 Å². The maximum atomic E-state index is 12.3. The number of benzene rings is 1. The second kappa shape index (κ2) is 5.74. The fourth-order valence-electron chi connectivity index (χ4n) is 2.03. The number of nitrogens with zero attached hydrogens (tertiary/aromatic N) is 1. The van der Waals surface area contributed by atoms with Crippen molar-refractivity contribution in [2.75, 3.05) is 0 Å². The number of hydrogen-bond acceptors (Lipinski definition) is 5. The van der Waals surface area contributed by atoms with E-state index in [4.69, 9.17) is 10.3 Å². The van der Waals surface area contributed by atoms with Crippen molar-refractivity contribution in [2.24, 2.45) is 5.73 Å². The standard InChI is InChI=1S/C13H17N3O3S/c1-9-13(10(2)19-16-9)20(17,18)15-8-12-6-4-3-5-11(12)7-14/h3-6,15H,7-8,14H2,1-2H3. The number of sulfonamides is 1. The molecule has 20 heavy (non-hydrogen) atoms. The molecule has 0 spiro atoms. The smallest absolute Gasteiger partial charge is 0.246 e. The third-order valence-corrected chi connectivity index (χ3v) is 4.67. The SMILES string of the molecule is Cc1noc(C)c1S(=O)(=O)NCc1ccccc1CN. The summed E-state index contributed by atoms with van der Waals surface area (Å²) in [5, 5.41) is 3.66. The van der Waals surface area contributed by atoms with E-state index in [2.05, 4.69) is 9.88 Å². The zero-order valence-corrected chi connectivity index (χ0v) is 12.2. The summed E-state index contributed by atoms with van der Waals surface area (Å²) in [4.78, 5) is 0.0997. The lowest BCUT2D eigenvalue weighted by atomic mass is 10.1. The van der Waals surface area contributed by atoms with Crippen LogP contribution in [0.4, 0.5) is 0 Å². The van der Waals surface area contributed by atoms with Gasteiger partial charge in [0, 0.05) is 13.1 Å². The van der Waals surface area contributed by atoms with Gasteiger partial charge >= 0.3 is 0 Å². The van der Waals surface area contributed by atoms with Crippen LogP contribution in [-0.2, 0) is 23.1 Å². The van der Waals surface area contributed by atoms with Crippen LogP contribution in [0, 0.1) is 13.8 Å². The predicted octanol–water partition coefficient (Wildman–Crippen LogP) is 1.23. The highest BCUT2D eigenvalue weighted by atomic mass is 32.2. The normalized spacial score (nSPS) is 11.8. The van der Waals surface area contributed by atoms with Crippen LogP contribution in [0.5, 0.6) is 0 Å². The summed E-state index contributed by atoms with van der Waals surface area (Å²) in [6, 6.07) is 7.44. The molecule has 1 aromatic heterocycles. The lowest BCUT2D eigenvalue weighted by Gasteiger charge is -2.09. The molecule has 0 atom stereocenters. The Labute approximate surface area is 118 Å². The van der Waals surface area contributed by atoms with Gasteiger partial charge in [-0.25, -0.2) is 13.1 Å². The van der Waals surface area contributed by atoms with Gasteiger partial charge in [-0.1, -0.05) is 29.4 Å². The molecule has 1 heterocycles. The third kappa shape index (κ3) is 2.90. The van der Waals surface area contributed by atoms with Crippen molar-refractivity contribution in [1.29, 1.82) is 0 Å². The summed E-state index contributed by atoms with van der Waals surface area (Å²) in [6.45, 7) is 3.71. The first-order valence-corrected chi connectivity index (χ1v) is 7.63. The molecule has 0 saturated carbocycles. The van der Waals surface area contributed by atoms with E-state index in [1.807, 2.05) is 24.3 Å². The number of nitrogens with one attached hydrogen (secondary N) is 1. The molecule has 0 bridgehead atoms. The van der Waals surface area contributed by atoms with Crippen LogP contribution in [-0.4, -0.2) is 13.6 Å². The fraction of sp³-hybridized carbons (Fsp3) is 0.308. The van der Waals surface area contributed by atoms with Crippen LogP contribution in [0.2, 0.25) is 0 Å². The van der Waals surface area contributed by atoms with E-state index in [0.717, 1.165) is 11.1 Å². The van der Waals surface area contributed by atoms with Gasteiger partial charge in [-0.05, 0) is 25.0 Å². The molecule has 0 amide bonds. The maximum Gasteiger partial charge on any atom is 0.246 e. The Bertz CT molecular complexity index is 688. The number of aryl methyl sites for hydroxylation is 2. The molecule has 0 saturated heterocycles. The molecule has 0 aliphatic heterocycles. The molecule has 2 aromatic rings. The first kappa shape index (κ1) is 14.7. The van der Waals surface area contributed by atoms with Crippen LogP contribution < -0.4 is 10.5 Å². The van der Waals surface area contributed by atoms with Gasteiger partial charge in [-0.2, -0.15) is 0 Å². The molecule has 108 valence electrons. The summed E-state index contributed by atoms with van der Waals surface area (Å²) in [5.74, 6) is 0.280. The van der Waals surface area contributed by atoms with E-state index in [0.29, 0.717) is 12.2 Å². The molecule has 6 nitrogen and oxygen atoms in total. The Morgan fingerprint density at radius 2 is 1.90 bits per heavy atom. The van der Waals surface area contributed by atoms with Crippen molar-refractivity contribution < 1.29 is 12.9 Å². The predicted molar refractivity (Wildman–Crippen MR) is 74.3 cm³/mol. The number of hydrogen-bond donors (Lipinski definition) is 2. The molecule has 1 aromatic carbocycles. The molecule has 0 aliphatic rings. The van der Waals surface area contributed by atoms with Crippen molar-refractivity contribution in [1.82, 2.24) is 9.88 Å². The van der Waals surface area contributed by atoms with Crippen molar-refractivity contribution in [3.63, 3.8) is 0 Å². The fourth-order valence-corrected chi connectivity index (χ4v) is 3.36. The Balaban J connectivity index is 2.22. The van der Waals surface area contributed by atoms with E-state index >= 15 is 0 Å². The van der Waals surface area contributed by atoms with E-state index in [1.165, 1.54) is 0 Å². The molecule has 0 aliphatic carbocycles.